The lowest BCUT2D eigenvalue weighted by Gasteiger charge is -2.11. The maximum atomic E-state index is 11.1. The summed E-state index contributed by atoms with van der Waals surface area (Å²) in [7, 11) is 0. The molecule has 0 unspecified atom stereocenters. The zero-order valence-electron chi connectivity index (χ0n) is 11.8. The highest BCUT2D eigenvalue weighted by Gasteiger charge is 2.22. The molecule has 0 fully saturated rings. The minimum absolute atomic E-state index is 0.0551. The van der Waals surface area contributed by atoms with E-state index in [-0.39, 0.29) is 16.9 Å². The Morgan fingerprint density at radius 1 is 1.45 bits per heavy atom. The summed E-state index contributed by atoms with van der Waals surface area (Å²) < 4.78 is 11.0. The summed E-state index contributed by atoms with van der Waals surface area (Å²) >= 11 is 1.18. The van der Waals surface area contributed by atoms with E-state index in [0.717, 1.165) is 4.88 Å². The predicted octanol–water partition coefficient (Wildman–Crippen LogP) is 3.01. The lowest BCUT2D eigenvalue weighted by atomic mass is 9.97. The van der Waals surface area contributed by atoms with Crippen molar-refractivity contribution in [3.8, 4) is 5.75 Å². The lowest BCUT2D eigenvalue weighted by Crippen LogP contribution is -2.11. The second-order valence-corrected chi connectivity index (χ2v) is 6.65. The lowest BCUT2D eigenvalue weighted by molar-refractivity contribution is 0.0697. The van der Waals surface area contributed by atoms with E-state index in [1.807, 2.05) is 27.7 Å². The van der Waals surface area contributed by atoms with Gasteiger partial charge in [-0.05, 0) is 13.0 Å². The molecule has 0 bridgehead atoms. The Kier molecular flexibility index (Phi) is 3.80. The van der Waals surface area contributed by atoms with Gasteiger partial charge in [-0.2, -0.15) is 0 Å². The summed E-state index contributed by atoms with van der Waals surface area (Å²) in [6, 6.07) is 1.69. The minimum atomic E-state index is -1.00. The molecule has 2 rings (SSSR count). The molecule has 0 aliphatic rings. The van der Waals surface area contributed by atoms with Crippen LogP contribution in [0.2, 0.25) is 0 Å². The van der Waals surface area contributed by atoms with Gasteiger partial charge in [-0.15, -0.1) is 21.5 Å². The number of carboxylic acid groups (broad SMARTS) is 1. The van der Waals surface area contributed by atoms with Crippen LogP contribution in [-0.4, -0.2) is 21.3 Å². The molecule has 0 aliphatic heterocycles. The van der Waals surface area contributed by atoms with Gasteiger partial charge in [0.05, 0.1) is 0 Å². The third-order valence-electron chi connectivity index (χ3n) is 2.48. The highest BCUT2D eigenvalue weighted by molar-refractivity contribution is 7.14. The van der Waals surface area contributed by atoms with Gasteiger partial charge >= 0.3 is 5.97 Å². The molecule has 6 nitrogen and oxygen atoms in total. The maximum Gasteiger partial charge on any atom is 0.349 e. The fraction of sp³-hybridized carbons (Fsp3) is 0.462. The molecule has 2 aromatic heterocycles. The monoisotopic (exact) mass is 296 g/mol. The van der Waals surface area contributed by atoms with Gasteiger partial charge in [0.2, 0.25) is 5.89 Å². The molecule has 2 aromatic rings. The van der Waals surface area contributed by atoms with Gasteiger partial charge < -0.3 is 14.3 Å². The number of aromatic nitrogens is 2. The molecule has 0 aromatic carbocycles. The predicted molar refractivity (Wildman–Crippen MR) is 73.3 cm³/mol. The van der Waals surface area contributed by atoms with Crippen molar-refractivity contribution in [1.82, 2.24) is 10.2 Å². The van der Waals surface area contributed by atoms with Gasteiger partial charge in [0.25, 0.3) is 5.89 Å². The van der Waals surface area contributed by atoms with Crippen LogP contribution in [0.5, 0.6) is 5.75 Å². The number of aromatic carboxylic acids is 1. The van der Waals surface area contributed by atoms with Crippen LogP contribution in [0, 0.1) is 6.92 Å². The normalized spacial score (nSPS) is 11.6. The van der Waals surface area contributed by atoms with Gasteiger partial charge in [0.15, 0.2) is 11.5 Å². The van der Waals surface area contributed by atoms with Crippen LogP contribution in [0.15, 0.2) is 10.5 Å². The van der Waals surface area contributed by atoms with E-state index in [9.17, 15) is 4.79 Å². The fourth-order valence-corrected chi connectivity index (χ4v) is 2.30. The third-order valence-corrected chi connectivity index (χ3v) is 3.49. The van der Waals surface area contributed by atoms with Crippen LogP contribution in [0.3, 0.4) is 0 Å². The molecule has 0 aliphatic carbocycles. The van der Waals surface area contributed by atoms with Crippen molar-refractivity contribution < 1.29 is 19.1 Å². The Labute approximate surface area is 120 Å². The summed E-state index contributed by atoms with van der Waals surface area (Å²) in [5.74, 6) is 0.181. The number of carbonyl (C=O) groups is 1. The molecular formula is C13H16N2O4S. The summed E-state index contributed by atoms with van der Waals surface area (Å²) in [5.41, 5.74) is -0.226. The quantitative estimate of drug-likeness (QED) is 0.933. The van der Waals surface area contributed by atoms with Crippen LogP contribution in [0.4, 0.5) is 0 Å². The first-order chi connectivity index (χ1) is 9.27. The molecule has 0 radical (unpaired) electrons. The average molecular weight is 296 g/mol. The first-order valence-corrected chi connectivity index (χ1v) is 6.88. The van der Waals surface area contributed by atoms with Crippen LogP contribution in [0.25, 0.3) is 0 Å². The molecule has 0 atom stereocenters. The molecule has 1 N–H and O–H groups in total. The van der Waals surface area contributed by atoms with E-state index in [1.165, 1.54) is 11.3 Å². The summed E-state index contributed by atoms with van der Waals surface area (Å²) in [6.07, 6.45) is 0. The Morgan fingerprint density at radius 3 is 2.70 bits per heavy atom. The molecular weight excluding hydrogens is 280 g/mol. The van der Waals surface area contributed by atoms with E-state index in [2.05, 4.69) is 10.2 Å². The van der Waals surface area contributed by atoms with E-state index in [0.29, 0.717) is 17.5 Å². The second-order valence-electron chi connectivity index (χ2n) is 5.40. The zero-order chi connectivity index (χ0) is 14.9. The Balaban J connectivity index is 2.09. The van der Waals surface area contributed by atoms with Crippen LogP contribution in [-0.2, 0) is 12.0 Å². The van der Waals surface area contributed by atoms with Gasteiger partial charge in [-0.3, -0.25) is 0 Å². The largest absolute Gasteiger partial charge is 0.482 e. The number of thiophene rings is 1. The Hall–Kier alpha value is -1.89. The van der Waals surface area contributed by atoms with Gasteiger partial charge in [0, 0.05) is 10.3 Å². The van der Waals surface area contributed by atoms with Crippen molar-refractivity contribution >= 4 is 17.3 Å². The maximum absolute atomic E-state index is 11.1. The van der Waals surface area contributed by atoms with Crippen molar-refractivity contribution in [1.29, 1.82) is 0 Å². The first-order valence-electron chi connectivity index (χ1n) is 6.07. The van der Waals surface area contributed by atoms with Crippen molar-refractivity contribution in [2.24, 2.45) is 0 Å². The van der Waals surface area contributed by atoms with E-state index < -0.39 is 5.97 Å². The Morgan fingerprint density at radius 2 is 2.15 bits per heavy atom. The number of aryl methyl sites for hydroxylation is 1. The Bertz CT molecular complexity index is 625. The third kappa shape index (κ3) is 3.16. The number of rotatable bonds is 4. The summed E-state index contributed by atoms with van der Waals surface area (Å²) in [6.45, 7) is 7.79. The zero-order valence-corrected chi connectivity index (χ0v) is 12.6. The van der Waals surface area contributed by atoms with Crippen LogP contribution < -0.4 is 4.74 Å². The van der Waals surface area contributed by atoms with Gasteiger partial charge in [0.1, 0.15) is 5.75 Å². The molecule has 0 spiro atoms. The molecule has 20 heavy (non-hydrogen) atoms. The number of carboxylic acids is 1. The highest BCUT2D eigenvalue weighted by atomic mass is 32.1. The molecule has 0 saturated carbocycles. The van der Waals surface area contributed by atoms with Gasteiger partial charge in [-0.1, -0.05) is 20.8 Å². The molecule has 108 valence electrons. The minimum Gasteiger partial charge on any atom is -0.482 e. The van der Waals surface area contributed by atoms with E-state index >= 15 is 0 Å². The topological polar surface area (TPSA) is 85.5 Å². The van der Waals surface area contributed by atoms with E-state index in [1.54, 1.807) is 6.07 Å². The molecule has 2 heterocycles. The fourth-order valence-electron chi connectivity index (χ4n) is 1.50. The SMILES string of the molecule is Cc1cc(OCc2nnc(C(C)(C)C)o2)c(C(=O)O)s1. The number of ether oxygens (including phenoxy) is 1. The van der Waals surface area contributed by atoms with E-state index in [4.69, 9.17) is 14.3 Å². The molecule has 0 saturated heterocycles. The summed E-state index contributed by atoms with van der Waals surface area (Å²) in [4.78, 5) is 12.1. The number of hydrogen-bond donors (Lipinski definition) is 1. The standard InChI is InChI=1S/C13H16N2O4S/c1-7-5-8(10(20-7)11(16)17)18-6-9-14-15-12(19-9)13(2,3)4/h5H,6H2,1-4H3,(H,16,17). The highest BCUT2D eigenvalue weighted by Crippen LogP contribution is 2.29. The summed E-state index contributed by atoms with van der Waals surface area (Å²) in [5, 5.41) is 16.9. The van der Waals surface area contributed by atoms with Gasteiger partial charge in [-0.25, -0.2) is 4.79 Å². The first kappa shape index (κ1) is 14.5. The smallest absolute Gasteiger partial charge is 0.349 e. The van der Waals surface area contributed by atoms with Crippen molar-refractivity contribution in [2.75, 3.05) is 0 Å². The average Bonchev–Trinajstić information content (AvgIpc) is 2.91. The van der Waals surface area contributed by atoms with Crippen molar-refractivity contribution in [2.45, 2.75) is 39.7 Å². The second kappa shape index (κ2) is 5.24. The number of hydrogen-bond acceptors (Lipinski definition) is 6. The van der Waals surface area contributed by atoms with Crippen molar-refractivity contribution in [3.05, 3.63) is 27.6 Å². The number of nitrogens with zero attached hydrogens (tertiary/aromatic N) is 2. The van der Waals surface area contributed by atoms with Crippen LogP contribution in [0.1, 0.15) is 47.1 Å². The van der Waals surface area contributed by atoms with Crippen molar-refractivity contribution in [3.63, 3.8) is 0 Å². The molecule has 7 heteroatoms. The molecule has 0 amide bonds. The van der Waals surface area contributed by atoms with Crippen LogP contribution >= 0.6 is 11.3 Å².